The normalized spacial score (nSPS) is 11.9. The van der Waals surface area contributed by atoms with E-state index in [1.165, 1.54) is 55.5 Å². The van der Waals surface area contributed by atoms with Gasteiger partial charge in [-0.15, -0.1) is 0 Å². The SMILES string of the molecule is CCCNC(=O)C(CC)N(Cc1ccc(F)cc1)C(=O)CN(c1ccc(OC)cc1OC)S(C)(=O)=O. The number of ether oxygens (including phenoxy) is 2. The molecule has 2 rings (SSSR count). The summed E-state index contributed by atoms with van der Waals surface area (Å²) < 4.78 is 50.5. The minimum Gasteiger partial charge on any atom is -0.497 e. The average Bonchev–Trinajstić information content (AvgIpc) is 2.85. The molecule has 1 atom stereocenters. The molecule has 11 heteroatoms. The summed E-state index contributed by atoms with van der Waals surface area (Å²) in [6.07, 6.45) is 2.00. The predicted octanol–water partition coefficient (Wildman–Crippen LogP) is 2.94. The Morgan fingerprint density at radius 3 is 2.25 bits per heavy atom. The van der Waals surface area contributed by atoms with E-state index in [0.717, 1.165) is 10.6 Å². The highest BCUT2D eigenvalue weighted by atomic mass is 32.2. The van der Waals surface area contributed by atoms with Crippen molar-refractivity contribution in [2.75, 3.05) is 37.9 Å². The molecule has 0 aliphatic carbocycles. The van der Waals surface area contributed by atoms with Crippen molar-refractivity contribution in [1.82, 2.24) is 10.2 Å². The second-order valence-electron chi connectivity index (χ2n) is 8.17. The number of benzene rings is 2. The van der Waals surface area contributed by atoms with Crippen molar-refractivity contribution in [3.63, 3.8) is 0 Å². The molecule has 0 aliphatic heterocycles. The van der Waals surface area contributed by atoms with Crippen LogP contribution in [0.4, 0.5) is 10.1 Å². The molecule has 0 spiro atoms. The van der Waals surface area contributed by atoms with Gasteiger partial charge in [-0.2, -0.15) is 0 Å². The minimum atomic E-state index is -3.93. The molecule has 0 saturated heterocycles. The molecule has 36 heavy (non-hydrogen) atoms. The summed E-state index contributed by atoms with van der Waals surface area (Å²) in [4.78, 5) is 27.9. The average molecular weight is 524 g/mol. The van der Waals surface area contributed by atoms with Crippen LogP contribution in [0.25, 0.3) is 0 Å². The van der Waals surface area contributed by atoms with Gasteiger partial charge in [0.25, 0.3) is 0 Å². The Bertz CT molecular complexity index is 1140. The van der Waals surface area contributed by atoms with Crippen LogP contribution in [0.2, 0.25) is 0 Å². The molecule has 9 nitrogen and oxygen atoms in total. The summed E-state index contributed by atoms with van der Waals surface area (Å²) in [7, 11) is -1.08. The number of nitrogens with one attached hydrogen (secondary N) is 1. The Kier molecular flexibility index (Phi) is 10.5. The maximum absolute atomic E-state index is 13.6. The zero-order valence-corrected chi connectivity index (χ0v) is 22.1. The molecule has 0 fully saturated rings. The first-order chi connectivity index (χ1) is 17.0. The summed E-state index contributed by atoms with van der Waals surface area (Å²) in [5, 5.41) is 2.80. The Morgan fingerprint density at radius 2 is 1.72 bits per heavy atom. The first-order valence-corrected chi connectivity index (χ1v) is 13.4. The number of amides is 2. The number of carbonyl (C=O) groups excluding carboxylic acids is 2. The zero-order chi connectivity index (χ0) is 26.9. The van der Waals surface area contributed by atoms with Crippen molar-refractivity contribution in [2.45, 2.75) is 39.3 Å². The molecular formula is C25H34FN3O6S. The van der Waals surface area contributed by atoms with E-state index in [1.807, 2.05) is 6.92 Å². The van der Waals surface area contributed by atoms with Crippen LogP contribution >= 0.6 is 0 Å². The molecule has 1 unspecified atom stereocenters. The van der Waals surface area contributed by atoms with E-state index in [0.29, 0.717) is 30.7 Å². The first kappa shape index (κ1) is 28.9. The van der Waals surface area contributed by atoms with E-state index >= 15 is 0 Å². The minimum absolute atomic E-state index is 0.00544. The van der Waals surface area contributed by atoms with Gasteiger partial charge in [-0.05, 0) is 42.7 Å². The maximum Gasteiger partial charge on any atom is 0.244 e. The van der Waals surface area contributed by atoms with Crippen molar-refractivity contribution in [1.29, 1.82) is 0 Å². The molecule has 0 radical (unpaired) electrons. The number of nitrogens with zero attached hydrogens (tertiary/aromatic N) is 2. The fraction of sp³-hybridized carbons (Fsp3) is 0.440. The van der Waals surface area contributed by atoms with Crippen molar-refractivity contribution in [2.24, 2.45) is 0 Å². The molecule has 198 valence electrons. The molecule has 0 aromatic heterocycles. The number of hydrogen-bond acceptors (Lipinski definition) is 6. The van der Waals surface area contributed by atoms with Crippen molar-refractivity contribution >= 4 is 27.5 Å². The van der Waals surface area contributed by atoms with Gasteiger partial charge in [0, 0.05) is 19.2 Å². The van der Waals surface area contributed by atoms with Crippen LogP contribution in [-0.2, 0) is 26.2 Å². The molecule has 1 N–H and O–H groups in total. The number of hydrogen-bond donors (Lipinski definition) is 1. The van der Waals surface area contributed by atoms with Gasteiger partial charge >= 0.3 is 0 Å². The Balaban J connectivity index is 2.48. The monoisotopic (exact) mass is 523 g/mol. The lowest BCUT2D eigenvalue weighted by atomic mass is 10.1. The highest BCUT2D eigenvalue weighted by Crippen LogP contribution is 2.33. The fourth-order valence-electron chi connectivity index (χ4n) is 3.66. The van der Waals surface area contributed by atoms with Crippen LogP contribution in [0.5, 0.6) is 11.5 Å². The molecule has 0 bridgehead atoms. The predicted molar refractivity (Wildman–Crippen MR) is 136 cm³/mol. The van der Waals surface area contributed by atoms with Crippen molar-refractivity contribution in [3.8, 4) is 11.5 Å². The second kappa shape index (κ2) is 13.1. The number of rotatable bonds is 13. The summed E-state index contributed by atoms with van der Waals surface area (Å²) >= 11 is 0. The highest BCUT2D eigenvalue weighted by Gasteiger charge is 2.32. The topological polar surface area (TPSA) is 105 Å². The Hall–Kier alpha value is -3.34. The van der Waals surface area contributed by atoms with Crippen LogP contribution < -0.4 is 19.1 Å². The van der Waals surface area contributed by atoms with Crippen LogP contribution in [0.1, 0.15) is 32.3 Å². The highest BCUT2D eigenvalue weighted by molar-refractivity contribution is 7.92. The van der Waals surface area contributed by atoms with Gasteiger partial charge in [0.1, 0.15) is 29.9 Å². The van der Waals surface area contributed by atoms with Gasteiger partial charge in [-0.1, -0.05) is 26.0 Å². The molecule has 0 saturated carbocycles. The molecule has 0 heterocycles. The molecule has 2 aromatic rings. The van der Waals surface area contributed by atoms with E-state index < -0.39 is 34.3 Å². The van der Waals surface area contributed by atoms with E-state index in [2.05, 4.69) is 5.32 Å². The number of anilines is 1. The third kappa shape index (κ3) is 7.58. The molecule has 2 amide bonds. The maximum atomic E-state index is 13.6. The largest absolute Gasteiger partial charge is 0.497 e. The number of sulfonamides is 1. The number of methoxy groups -OCH3 is 2. The number of halogens is 1. The third-order valence-corrected chi connectivity index (χ3v) is 6.66. The zero-order valence-electron chi connectivity index (χ0n) is 21.3. The molecule has 2 aromatic carbocycles. The summed E-state index contributed by atoms with van der Waals surface area (Å²) in [5.74, 6) is -0.722. The van der Waals surface area contributed by atoms with E-state index in [1.54, 1.807) is 13.0 Å². The number of carbonyl (C=O) groups is 2. The lowest BCUT2D eigenvalue weighted by molar-refractivity contribution is -0.140. The van der Waals surface area contributed by atoms with Crippen LogP contribution in [-0.4, -0.2) is 64.7 Å². The van der Waals surface area contributed by atoms with Gasteiger partial charge < -0.3 is 19.7 Å². The second-order valence-corrected chi connectivity index (χ2v) is 10.1. The fourth-order valence-corrected chi connectivity index (χ4v) is 4.51. The third-order valence-electron chi connectivity index (χ3n) is 5.54. The smallest absolute Gasteiger partial charge is 0.244 e. The summed E-state index contributed by atoms with van der Waals surface area (Å²) in [5.41, 5.74) is 0.749. The lowest BCUT2D eigenvalue weighted by Crippen LogP contribution is -2.52. The first-order valence-electron chi connectivity index (χ1n) is 11.6. The molecule has 0 aliphatic rings. The van der Waals surface area contributed by atoms with Crippen LogP contribution in [0.15, 0.2) is 42.5 Å². The Labute approximate surface area is 212 Å². The lowest BCUT2D eigenvalue weighted by Gasteiger charge is -2.33. The van der Waals surface area contributed by atoms with Crippen molar-refractivity contribution in [3.05, 3.63) is 53.8 Å². The quantitative estimate of drug-likeness (QED) is 0.433. The van der Waals surface area contributed by atoms with Gasteiger partial charge in [-0.3, -0.25) is 13.9 Å². The van der Waals surface area contributed by atoms with Gasteiger partial charge in [0.05, 0.1) is 26.2 Å². The van der Waals surface area contributed by atoms with Gasteiger partial charge in [-0.25, -0.2) is 12.8 Å². The van der Waals surface area contributed by atoms with Crippen LogP contribution in [0, 0.1) is 5.82 Å². The molecular weight excluding hydrogens is 489 g/mol. The van der Waals surface area contributed by atoms with Gasteiger partial charge in [0.2, 0.25) is 21.8 Å². The summed E-state index contributed by atoms with van der Waals surface area (Å²) in [6.45, 7) is 3.54. The van der Waals surface area contributed by atoms with E-state index in [9.17, 15) is 22.4 Å². The van der Waals surface area contributed by atoms with E-state index in [-0.39, 0.29) is 23.9 Å². The van der Waals surface area contributed by atoms with Crippen LogP contribution in [0.3, 0.4) is 0 Å². The van der Waals surface area contributed by atoms with Gasteiger partial charge in [0.15, 0.2) is 0 Å². The summed E-state index contributed by atoms with van der Waals surface area (Å²) in [6, 6.07) is 9.28. The van der Waals surface area contributed by atoms with Crippen molar-refractivity contribution < 1.29 is 31.9 Å². The standard InChI is InChI=1S/C25H34FN3O6S/c1-6-14-27-25(31)21(7-2)28(16-18-8-10-19(26)11-9-18)24(30)17-29(36(5,32)33)22-13-12-20(34-3)15-23(22)35-4/h8-13,15,21H,6-7,14,16-17H2,1-5H3,(H,27,31). The van der Waals surface area contributed by atoms with E-state index in [4.69, 9.17) is 9.47 Å². The Morgan fingerprint density at radius 1 is 1.06 bits per heavy atom.